The topological polar surface area (TPSA) is 54.8 Å². The molecule has 0 radical (unpaired) electrons. The van der Waals surface area contributed by atoms with Gasteiger partial charge in [-0.25, -0.2) is 0 Å². The van der Waals surface area contributed by atoms with Crippen LogP contribution >= 0.6 is 0 Å². The van der Waals surface area contributed by atoms with Crippen molar-refractivity contribution in [3.8, 4) is 27.9 Å². The SMILES string of the molecule is C=C/C=C(\C=N)c1ccc(-c2ccc3c(ccc4c5ccc(-c6ccc(/C(C=C)=C/N)cc6)cc5n(-c5ccccc5)c34)c2)cc1. The van der Waals surface area contributed by atoms with Gasteiger partial charge < -0.3 is 15.7 Å². The van der Waals surface area contributed by atoms with Gasteiger partial charge in [0.05, 0.1) is 11.0 Å². The van der Waals surface area contributed by atoms with Crippen LogP contribution in [0.3, 0.4) is 0 Å². The first-order valence-corrected chi connectivity index (χ1v) is 15.3. The highest BCUT2D eigenvalue weighted by atomic mass is 15.0. The fraction of sp³-hybridized carbons (Fsp3) is 0. The summed E-state index contributed by atoms with van der Waals surface area (Å²) < 4.78 is 2.40. The fourth-order valence-electron chi connectivity index (χ4n) is 6.39. The Bertz CT molecular complexity index is 2330. The summed E-state index contributed by atoms with van der Waals surface area (Å²) in [7, 11) is 0. The largest absolute Gasteiger partial charge is 0.404 e. The van der Waals surface area contributed by atoms with Crippen molar-refractivity contribution in [2.75, 3.05) is 0 Å². The van der Waals surface area contributed by atoms with Gasteiger partial charge in [0.1, 0.15) is 0 Å². The molecule has 0 saturated heterocycles. The number of para-hydroxylation sites is 1. The summed E-state index contributed by atoms with van der Waals surface area (Å²) in [6.45, 7) is 7.65. The number of allylic oxidation sites excluding steroid dienone is 5. The number of benzene rings is 6. The molecular weight excluding hydrogens is 558 g/mol. The zero-order chi connectivity index (χ0) is 31.6. The van der Waals surface area contributed by atoms with Crippen LogP contribution in [0, 0.1) is 5.41 Å². The van der Waals surface area contributed by atoms with Gasteiger partial charge in [0, 0.05) is 34.3 Å². The van der Waals surface area contributed by atoms with Crippen LogP contribution in [0.2, 0.25) is 0 Å². The van der Waals surface area contributed by atoms with Gasteiger partial charge in [0.15, 0.2) is 0 Å². The Balaban J connectivity index is 1.39. The van der Waals surface area contributed by atoms with E-state index in [1.807, 2.05) is 6.08 Å². The number of rotatable bonds is 8. The van der Waals surface area contributed by atoms with E-state index in [2.05, 4.69) is 145 Å². The molecular formula is C43H33N3. The normalized spacial score (nSPS) is 12.1. The summed E-state index contributed by atoms with van der Waals surface area (Å²) in [5, 5.41) is 12.6. The van der Waals surface area contributed by atoms with Gasteiger partial charge >= 0.3 is 0 Å². The predicted molar refractivity (Wildman–Crippen MR) is 198 cm³/mol. The molecule has 0 aliphatic carbocycles. The molecule has 6 aromatic carbocycles. The Hall–Kier alpha value is -6.19. The van der Waals surface area contributed by atoms with Crippen LogP contribution in [0.5, 0.6) is 0 Å². The molecule has 0 bridgehead atoms. The Kier molecular flexibility index (Phi) is 7.49. The maximum atomic E-state index is 7.73. The van der Waals surface area contributed by atoms with E-state index in [4.69, 9.17) is 11.1 Å². The van der Waals surface area contributed by atoms with Gasteiger partial charge in [-0.05, 0) is 74.2 Å². The van der Waals surface area contributed by atoms with Crippen molar-refractivity contribution in [2.45, 2.75) is 0 Å². The van der Waals surface area contributed by atoms with E-state index < -0.39 is 0 Å². The first kappa shape index (κ1) is 28.6. The zero-order valence-corrected chi connectivity index (χ0v) is 25.4. The number of fused-ring (bicyclic) bond motifs is 5. The van der Waals surface area contributed by atoms with Gasteiger partial charge in [-0.15, -0.1) is 0 Å². The molecule has 3 nitrogen and oxygen atoms in total. The minimum atomic E-state index is 0.835. The molecule has 0 atom stereocenters. The van der Waals surface area contributed by atoms with Crippen molar-refractivity contribution < 1.29 is 0 Å². The Labute approximate surface area is 269 Å². The highest BCUT2D eigenvalue weighted by Gasteiger charge is 2.16. The lowest BCUT2D eigenvalue weighted by Crippen LogP contribution is -1.94. The Morgan fingerprint density at radius 2 is 1.20 bits per heavy atom. The van der Waals surface area contributed by atoms with Crippen LogP contribution in [-0.4, -0.2) is 10.8 Å². The standard InChI is InChI=1S/C43H33N3/c1-3-8-37(28-45)33-17-15-31(16-18-33)34-19-22-39-36(25-34)21-24-41-40-23-20-35(32-13-11-30(12-14-32)29(4-2)27-44)26-42(40)46(43(39)41)38-9-6-5-7-10-38/h3-28,45H,1-2,44H2/b29-27+,37-8+,45-28?. The number of nitrogens with zero attached hydrogens (tertiary/aromatic N) is 1. The second-order valence-corrected chi connectivity index (χ2v) is 11.3. The summed E-state index contributed by atoms with van der Waals surface area (Å²) in [4.78, 5) is 0. The molecule has 0 fully saturated rings. The molecule has 0 spiro atoms. The van der Waals surface area contributed by atoms with Gasteiger partial charge in [-0.3, -0.25) is 0 Å². The smallest absolute Gasteiger partial charge is 0.0619 e. The van der Waals surface area contributed by atoms with Crippen molar-refractivity contribution in [2.24, 2.45) is 5.73 Å². The maximum absolute atomic E-state index is 7.73. The third-order valence-electron chi connectivity index (χ3n) is 8.71. The van der Waals surface area contributed by atoms with Gasteiger partial charge in [-0.2, -0.15) is 0 Å². The molecule has 3 heteroatoms. The van der Waals surface area contributed by atoms with Crippen molar-refractivity contribution in [3.63, 3.8) is 0 Å². The quantitative estimate of drug-likeness (QED) is 0.134. The zero-order valence-electron chi connectivity index (χ0n) is 25.4. The summed E-state index contributed by atoms with van der Waals surface area (Å²) in [5.74, 6) is 0. The first-order valence-electron chi connectivity index (χ1n) is 15.3. The van der Waals surface area contributed by atoms with Crippen LogP contribution in [0.15, 0.2) is 165 Å². The first-order chi connectivity index (χ1) is 22.6. The maximum Gasteiger partial charge on any atom is 0.0619 e. The van der Waals surface area contributed by atoms with Crippen LogP contribution in [0.4, 0.5) is 0 Å². The van der Waals surface area contributed by atoms with E-state index >= 15 is 0 Å². The summed E-state index contributed by atoms with van der Waals surface area (Å²) >= 11 is 0. The van der Waals surface area contributed by atoms with Crippen molar-refractivity contribution >= 4 is 49.9 Å². The molecule has 0 aliphatic heterocycles. The van der Waals surface area contributed by atoms with Crippen LogP contribution < -0.4 is 5.73 Å². The lowest BCUT2D eigenvalue weighted by atomic mass is 9.97. The molecule has 0 aliphatic rings. The van der Waals surface area contributed by atoms with Gasteiger partial charge in [-0.1, -0.05) is 135 Å². The lowest BCUT2D eigenvalue weighted by molar-refractivity contribution is 1.19. The Morgan fingerprint density at radius 3 is 1.80 bits per heavy atom. The lowest BCUT2D eigenvalue weighted by Gasteiger charge is -2.12. The molecule has 0 saturated carbocycles. The minimum Gasteiger partial charge on any atom is -0.404 e. The number of nitrogens with one attached hydrogen (secondary N) is 1. The summed E-state index contributed by atoms with van der Waals surface area (Å²) in [5.41, 5.74) is 17.7. The van der Waals surface area contributed by atoms with Crippen molar-refractivity contribution in [1.82, 2.24) is 4.57 Å². The predicted octanol–water partition coefficient (Wildman–Crippen LogP) is 11.0. The molecule has 0 amide bonds. The average Bonchev–Trinajstić information content (AvgIpc) is 3.46. The molecule has 46 heavy (non-hydrogen) atoms. The van der Waals surface area contributed by atoms with E-state index in [1.165, 1.54) is 33.3 Å². The third kappa shape index (κ3) is 4.94. The third-order valence-corrected chi connectivity index (χ3v) is 8.71. The molecule has 1 heterocycles. The van der Waals surface area contributed by atoms with Gasteiger partial charge in [0.25, 0.3) is 0 Å². The van der Waals surface area contributed by atoms with Crippen LogP contribution in [0.1, 0.15) is 11.1 Å². The van der Waals surface area contributed by atoms with E-state index in [9.17, 15) is 0 Å². The fourth-order valence-corrected chi connectivity index (χ4v) is 6.39. The van der Waals surface area contributed by atoms with Crippen LogP contribution in [-0.2, 0) is 0 Å². The van der Waals surface area contributed by atoms with E-state index in [1.54, 1.807) is 18.4 Å². The van der Waals surface area contributed by atoms with E-state index in [0.717, 1.165) is 55.7 Å². The number of aromatic nitrogens is 1. The van der Waals surface area contributed by atoms with Crippen LogP contribution in [0.25, 0.3) is 71.7 Å². The molecule has 1 aromatic heterocycles. The second kappa shape index (κ2) is 12.1. The molecule has 220 valence electrons. The van der Waals surface area contributed by atoms with Gasteiger partial charge in [0.2, 0.25) is 0 Å². The van der Waals surface area contributed by atoms with E-state index in [-0.39, 0.29) is 0 Å². The van der Waals surface area contributed by atoms with Crippen molar-refractivity contribution in [1.29, 1.82) is 5.41 Å². The van der Waals surface area contributed by atoms with Crippen molar-refractivity contribution in [3.05, 3.63) is 176 Å². The molecule has 7 aromatic rings. The number of hydrogen-bond acceptors (Lipinski definition) is 2. The summed E-state index contributed by atoms with van der Waals surface area (Å²) in [6, 6.07) is 45.4. The average molecular weight is 592 g/mol. The number of hydrogen-bond donors (Lipinski definition) is 2. The highest BCUT2D eigenvalue weighted by Crippen LogP contribution is 2.39. The number of nitrogens with two attached hydrogens (primary N) is 1. The molecule has 0 unspecified atom stereocenters. The molecule has 7 rings (SSSR count). The molecule has 3 N–H and O–H groups in total. The summed E-state index contributed by atoms with van der Waals surface area (Å²) in [6.07, 6.45) is 8.30. The van der Waals surface area contributed by atoms with E-state index in [0.29, 0.717) is 0 Å². The monoisotopic (exact) mass is 591 g/mol. The highest BCUT2D eigenvalue weighted by molar-refractivity contribution is 6.19. The minimum absolute atomic E-state index is 0.835. The Morgan fingerprint density at radius 1 is 0.609 bits per heavy atom. The second-order valence-electron chi connectivity index (χ2n) is 11.3.